The van der Waals surface area contributed by atoms with E-state index >= 15 is 0 Å². The first-order valence-electron chi connectivity index (χ1n) is 6.29. The normalized spacial score (nSPS) is 19.0. The molecule has 98 valence electrons. The van der Waals surface area contributed by atoms with Gasteiger partial charge in [-0.15, -0.1) is 0 Å². The number of pyridine rings is 1. The molecule has 1 aliphatic heterocycles. The van der Waals surface area contributed by atoms with E-state index in [1.807, 2.05) is 0 Å². The van der Waals surface area contributed by atoms with Gasteiger partial charge in [-0.1, -0.05) is 6.92 Å². The molecule has 1 fully saturated rings. The van der Waals surface area contributed by atoms with Crippen LogP contribution in [0.3, 0.4) is 0 Å². The molecule has 0 spiro atoms. The van der Waals surface area contributed by atoms with Gasteiger partial charge in [0.2, 0.25) is 0 Å². The molecule has 1 aromatic heterocycles. The van der Waals surface area contributed by atoms with Crippen LogP contribution >= 0.6 is 0 Å². The lowest BCUT2D eigenvalue weighted by molar-refractivity contribution is 0.0526. The van der Waals surface area contributed by atoms with Gasteiger partial charge in [-0.3, -0.25) is 0 Å². The second-order valence-electron chi connectivity index (χ2n) is 4.70. The van der Waals surface area contributed by atoms with Crippen molar-refractivity contribution in [3.05, 3.63) is 17.8 Å². The number of anilines is 2. The summed E-state index contributed by atoms with van der Waals surface area (Å²) in [6.07, 6.45) is 2.70. The lowest BCUT2D eigenvalue weighted by Gasteiger charge is -2.19. The third kappa shape index (κ3) is 2.55. The highest BCUT2D eigenvalue weighted by atomic mass is 16.5. The Bertz CT molecular complexity index is 448. The molecule has 1 aromatic rings. The van der Waals surface area contributed by atoms with Crippen molar-refractivity contribution in [2.45, 2.75) is 20.3 Å². The van der Waals surface area contributed by atoms with E-state index in [1.165, 1.54) is 0 Å². The number of aromatic nitrogens is 1. The van der Waals surface area contributed by atoms with Gasteiger partial charge in [0, 0.05) is 13.1 Å². The molecule has 5 nitrogen and oxygen atoms in total. The van der Waals surface area contributed by atoms with E-state index in [9.17, 15) is 4.79 Å². The quantitative estimate of drug-likeness (QED) is 0.825. The highest BCUT2D eigenvalue weighted by Gasteiger charge is 2.25. The molecule has 5 heteroatoms. The minimum absolute atomic E-state index is 0.351. The highest BCUT2D eigenvalue weighted by Crippen LogP contribution is 2.26. The number of carbonyl (C=O) groups excluding carboxylic acids is 1. The molecule has 0 bridgehead atoms. The monoisotopic (exact) mass is 249 g/mol. The smallest absolute Gasteiger partial charge is 0.341 e. The first-order valence-corrected chi connectivity index (χ1v) is 6.29. The van der Waals surface area contributed by atoms with Crippen LogP contribution in [0, 0.1) is 5.92 Å². The summed E-state index contributed by atoms with van der Waals surface area (Å²) in [7, 11) is 0. The van der Waals surface area contributed by atoms with Crippen molar-refractivity contribution < 1.29 is 9.53 Å². The molecule has 0 aromatic carbocycles. The van der Waals surface area contributed by atoms with Crippen molar-refractivity contribution in [3.8, 4) is 0 Å². The number of esters is 1. The van der Waals surface area contributed by atoms with Gasteiger partial charge in [0.1, 0.15) is 11.4 Å². The number of hydrogen-bond donors (Lipinski definition) is 1. The van der Waals surface area contributed by atoms with E-state index in [2.05, 4.69) is 16.8 Å². The summed E-state index contributed by atoms with van der Waals surface area (Å²) in [6.45, 7) is 6.17. The number of nitrogens with zero attached hydrogens (tertiary/aromatic N) is 2. The van der Waals surface area contributed by atoms with Crippen molar-refractivity contribution >= 4 is 17.5 Å². The first kappa shape index (κ1) is 12.7. The van der Waals surface area contributed by atoms with Crippen LogP contribution in [0.1, 0.15) is 30.6 Å². The van der Waals surface area contributed by atoms with Gasteiger partial charge in [0.05, 0.1) is 18.5 Å². The zero-order valence-electron chi connectivity index (χ0n) is 10.8. The summed E-state index contributed by atoms with van der Waals surface area (Å²) < 4.78 is 5.05. The van der Waals surface area contributed by atoms with Gasteiger partial charge in [-0.2, -0.15) is 0 Å². The molecule has 1 saturated heterocycles. The van der Waals surface area contributed by atoms with Gasteiger partial charge in [-0.25, -0.2) is 9.78 Å². The van der Waals surface area contributed by atoms with Crippen LogP contribution in [0.4, 0.5) is 11.5 Å². The molecule has 2 N–H and O–H groups in total. The minimum Gasteiger partial charge on any atom is -0.462 e. The Labute approximate surface area is 107 Å². The summed E-state index contributed by atoms with van der Waals surface area (Å²) in [4.78, 5) is 18.3. The van der Waals surface area contributed by atoms with E-state index in [1.54, 1.807) is 19.2 Å². The van der Waals surface area contributed by atoms with Crippen LogP contribution in [0.5, 0.6) is 0 Å². The van der Waals surface area contributed by atoms with Crippen molar-refractivity contribution in [2.24, 2.45) is 5.92 Å². The maximum atomic E-state index is 11.9. The largest absolute Gasteiger partial charge is 0.462 e. The Kier molecular flexibility index (Phi) is 3.69. The van der Waals surface area contributed by atoms with Gasteiger partial charge in [0.15, 0.2) is 0 Å². The van der Waals surface area contributed by atoms with Crippen LogP contribution in [-0.4, -0.2) is 30.6 Å². The van der Waals surface area contributed by atoms with E-state index in [4.69, 9.17) is 10.5 Å². The number of nitrogens with two attached hydrogens (primary N) is 1. The fraction of sp³-hybridized carbons (Fsp3) is 0.538. The third-order valence-corrected chi connectivity index (χ3v) is 3.11. The molecule has 1 unspecified atom stereocenters. The van der Waals surface area contributed by atoms with Crippen LogP contribution < -0.4 is 10.6 Å². The lowest BCUT2D eigenvalue weighted by Crippen LogP contribution is -2.24. The number of nitrogen functional groups attached to an aromatic ring is 1. The second kappa shape index (κ2) is 5.25. The summed E-state index contributed by atoms with van der Waals surface area (Å²) in [5, 5.41) is 0. The maximum absolute atomic E-state index is 11.9. The van der Waals surface area contributed by atoms with Crippen LogP contribution in [0.2, 0.25) is 0 Å². The Morgan fingerprint density at radius 1 is 1.67 bits per heavy atom. The van der Waals surface area contributed by atoms with Gasteiger partial charge in [0.25, 0.3) is 0 Å². The first-order chi connectivity index (χ1) is 8.61. The van der Waals surface area contributed by atoms with Crippen molar-refractivity contribution in [3.63, 3.8) is 0 Å². The zero-order chi connectivity index (χ0) is 13.1. The summed E-state index contributed by atoms with van der Waals surface area (Å²) >= 11 is 0. The summed E-state index contributed by atoms with van der Waals surface area (Å²) in [5.41, 5.74) is 6.64. The van der Waals surface area contributed by atoms with Crippen molar-refractivity contribution in [1.82, 2.24) is 4.98 Å². The Morgan fingerprint density at radius 2 is 2.44 bits per heavy atom. The van der Waals surface area contributed by atoms with Crippen molar-refractivity contribution in [2.75, 3.05) is 30.3 Å². The second-order valence-corrected chi connectivity index (χ2v) is 4.70. The Morgan fingerprint density at radius 3 is 3.06 bits per heavy atom. The Balaban J connectivity index is 2.31. The average Bonchev–Trinajstić information content (AvgIpc) is 2.76. The fourth-order valence-electron chi connectivity index (χ4n) is 2.21. The molecule has 2 heterocycles. The molecular formula is C13H19N3O2. The van der Waals surface area contributed by atoms with E-state index < -0.39 is 0 Å². The topological polar surface area (TPSA) is 68.5 Å². The molecule has 0 radical (unpaired) electrons. The summed E-state index contributed by atoms with van der Waals surface area (Å²) in [5.74, 6) is 0.957. The maximum Gasteiger partial charge on any atom is 0.341 e. The van der Waals surface area contributed by atoms with Crippen LogP contribution in [0.25, 0.3) is 0 Å². The molecular weight excluding hydrogens is 230 g/mol. The number of ether oxygens (including phenoxy) is 1. The summed E-state index contributed by atoms with van der Waals surface area (Å²) in [6, 6.07) is 1.64. The van der Waals surface area contributed by atoms with Crippen molar-refractivity contribution in [1.29, 1.82) is 0 Å². The Hall–Kier alpha value is -1.78. The predicted octanol–water partition coefficient (Wildman–Crippen LogP) is 1.69. The average molecular weight is 249 g/mol. The van der Waals surface area contributed by atoms with Crippen LogP contribution in [-0.2, 0) is 4.74 Å². The number of rotatable bonds is 3. The SMILES string of the molecule is CCOC(=O)c1cc(N)cnc1N1CCC(C)C1. The molecule has 2 rings (SSSR count). The van der Waals surface area contributed by atoms with E-state index in [-0.39, 0.29) is 5.97 Å². The third-order valence-electron chi connectivity index (χ3n) is 3.11. The minimum atomic E-state index is -0.355. The molecule has 18 heavy (non-hydrogen) atoms. The van der Waals surface area contributed by atoms with Crippen LogP contribution in [0.15, 0.2) is 12.3 Å². The highest BCUT2D eigenvalue weighted by molar-refractivity contribution is 5.95. The standard InChI is InChI=1S/C13H19N3O2/c1-3-18-13(17)11-6-10(14)7-15-12(11)16-5-4-9(2)8-16/h6-7,9H,3-5,8,14H2,1-2H3. The molecule has 1 aliphatic rings. The van der Waals surface area contributed by atoms with Gasteiger partial charge < -0.3 is 15.4 Å². The molecule has 1 atom stereocenters. The molecule has 0 amide bonds. The van der Waals surface area contributed by atoms with E-state index in [0.29, 0.717) is 29.6 Å². The van der Waals surface area contributed by atoms with E-state index in [0.717, 1.165) is 19.5 Å². The van der Waals surface area contributed by atoms with Gasteiger partial charge >= 0.3 is 5.97 Å². The fourth-order valence-corrected chi connectivity index (χ4v) is 2.21. The predicted molar refractivity (Wildman–Crippen MR) is 70.6 cm³/mol. The molecule has 0 aliphatic carbocycles. The van der Waals surface area contributed by atoms with Gasteiger partial charge in [-0.05, 0) is 25.3 Å². The lowest BCUT2D eigenvalue weighted by atomic mass is 10.2. The number of carbonyl (C=O) groups is 1. The molecule has 0 saturated carbocycles. The number of hydrogen-bond acceptors (Lipinski definition) is 5. The zero-order valence-corrected chi connectivity index (χ0v) is 10.8.